The minimum absolute atomic E-state index is 0. The molecule has 0 unspecified atom stereocenters. The Balaban J connectivity index is 0.00000289. The number of anilines is 1. The fourth-order valence-corrected chi connectivity index (χ4v) is 1.84. The van der Waals surface area contributed by atoms with Crippen LogP contribution in [0.3, 0.4) is 0 Å². The van der Waals surface area contributed by atoms with Gasteiger partial charge in [-0.25, -0.2) is 0 Å². The van der Waals surface area contributed by atoms with E-state index in [0.29, 0.717) is 6.54 Å². The number of benzene rings is 1. The highest BCUT2D eigenvalue weighted by atomic mass is 35.5. The second-order valence-electron chi connectivity index (χ2n) is 4.28. The van der Waals surface area contributed by atoms with Crippen LogP contribution in [0.1, 0.15) is 25.0 Å². The van der Waals surface area contributed by atoms with Crippen LogP contribution in [0.2, 0.25) is 0 Å². The van der Waals surface area contributed by atoms with E-state index >= 15 is 0 Å². The summed E-state index contributed by atoms with van der Waals surface area (Å²) in [5.41, 5.74) is 3.17. The molecule has 0 radical (unpaired) electrons. The molecule has 0 aromatic heterocycles. The molecular weight excluding hydrogens is 250 g/mol. The van der Waals surface area contributed by atoms with Gasteiger partial charge in [-0.15, -0.1) is 12.4 Å². The van der Waals surface area contributed by atoms with Crippen LogP contribution in [0.25, 0.3) is 0 Å². The van der Waals surface area contributed by atoms with Crippen molar-refractivity contribution >= 4 is 24.0 Å². The van der Waals surface area contributed by atoms with E-state index in [-0.39, 0.29) is 18.3 Å². The van der Waals surface area contributed by atoms with E-state index in [1.165, 1.54) is 0 Å². The van der Waals surface area contributed by atoms with E-state index in [9.17, 15) is 4.79 Å². The summed E-state index contributed by atoms with van der Waals surface area (Å²) in [5, 5.41) is 3.00. The number of hydrogen-bond acceptors (Lipinski definition) is 2. The first-order chi connectivity index (χ1) is 8.08. The Morgan fingerprint density at radius 3 is 2.11 bits per heavy atom. The molecule has 4 heteroatoms. The zero-order valence-electron chi connectivity index (χ0n) is 11.6. The van der Waals surface area contributed by atoms with Crippen molar-refractivity contribution in [3.63, 3.8) is 0 Å². The van der Waals surface area contributed by atoms with Crippen LogP contribution in [0, 0.1) is 13.8 Å². The first-order valence-electron chi connectivity index (χ1n) is 6.16. The number of halogens is 1. The van der Waals surface area contributed by atoms with Gasteiger partial charge in [0, 0.05) is 5.69 Å². The number of nitrogens with one attached hydrogen (secondary N) is 1. The molecule has 1 aromatic rings. The van der Waals surface area contributed by atoms with Gasteiger partial charge in [0.25, 0.3) is 0 Å². The molecule has 0 heterocycles. The number of rotatable bonds is 5. The van der Waals surface area contributed by atoms with E-state index < -0.39 is 0 Å². The molecule has 1 aromatic carbocycles. The summed E-state index contributed by atoms with van der Waals surface area (Å²) >= 11 is 0. The van der Waals surface area contributed by atoms with Crippen LogP contribution in [0.4, 0.5) is 5.69 Å². The van der Waals surface area contributed by atoms with Gasteiger partial charge in [0.1, 0.15) is 0 Å². The van der Waals surface area contributed by atoms with Crippen molar-refractivity contribution in [3.05, 3.63) is 29.3 Å². The van der Waals surface area contributed by atoms with E-state index in [1.807, 2.05) is 32.0 Å². The molecule has 0 fully saturated rings. The monoisotopic (exact) mass is 272 g/mol. The highest BCUT2D eigenvalue weighted by Crippen LogP contribution is 2.19. The quantitative estimate of drug-likeness (QED) is 0.894. The van der Waals surface area contributed by atoms with Gasteiger partial charge in [0.05, 0.1) is 6.54 Å². The molecule has 0 atom stereocenters. The van der Waals surface area contributed by atoms with Crippen LogP contribution >= 0.6 is 12.4 Å². The molecule has 1 N–H and O–H groups in total. The number of carbonyl (C=O) groups is 1. The lowest BCUT2D eigenvalue weighted by Gasteiger charge is -2.18. The molecule has 0 saturated carbocycles. The average Bonchev–Trinajstić information content (AvgIpc) is 2.31. The number of nitrogens with zero attached hydrogens (tertiary/aromatic N) is 1. The highest BCUT2D eigenvalue weighted by Gasteiger charge is 2.09. The van der Waals surface area contributed by atoms with E-state index in [0.717, 1.165) is 29.9 Å². The fraction of sp³-hybridized carbons (Fsp3) is 0.500. The van der Waals surface area contributed by atoms with Crippen LogP contribution in [0.15, 0.2) is 18.2 Å². The Morgan fingerprint density at radius 1 is 1.17 bits per heavy atom. The van der Waals surface area contributed by atoms with Crippen molar-refractivity contribution in [2.45, 2.75) is 27.7 Å². The number of amides is 1. The van der Waals surface area contributed by atoms with E-state index in [1.54, 1.807) is 0 Å². The lowest BCUT2D eigenvalue weighted by molar-refractivity contribution is -0.117. The second-order valence-corrected chi connectivity index (χ2v) is 4.28. The molecule has 1 rings (SSSR count). The summed E-state index contributed by atoms with van der Waals surface area (Å²) in [6.07, 6.45) is 0. The molecule has 0 aliphatic carbocycles. The van der Waals surface area contributed by atoms with Gasteiger partial charge in [0.15, 0.2) is 0 Å². The molecule has 102 valence electrons. The van der Waals surface area contributed by atoms with E-state index in [4.69, 9.17) is 0 Å². The SMILES string of the molecule is CCN(CC)C[14C](=O)Nc1c(C)cccc1C.Cl. The second kappa shape index (κ2) is 8.11. The number of carbonyl (C=O) groups excluding carboxylic acids is 1. The third-order valence-electron chi connectivity index (χ3n) is 3.01. The summed E-state index contributed by atoms with van der Waals surface area (Å²) in [4.78, 5) is 14.0. The third-order valence-corrected chi connectivity index (χ3v) is 3.01. The van der Waals surface area contributed by atoms with Gasteiger partial charge in [0.2, 0.25) is 5.91 Å². The Morgan fingerprint density at radius 2 is 1.67 bits per heavy atom. The third kappa shape index (κ3) is 4.67. The van der Waals surface area contributed by atoms with Crippen molar-refractivity contribution < 1.29 is 4.79 Å². The molecule has 3 nitrogen and oxygen atoms in total. The zero-order chi connectivity index (χ0) is 12.8. The lowest BCUT2D eigenvalue weighted by Crippen LogP contribution is -2.33. The van der Waals surface area contributed by atoms with Gasteiger partial charge < -0.3 is 5.32 Å². The minimum Gasteiger partial charge on any atom is -0.324 e. The van der Waals surface area contributed by atoms with Gasteiger partial charge in [-0.05, 0) is 38.1 Å². The smallest absolute Gasteiger partial charge is 0.238 e. The van der Waals surface area contributed by atoms with Crippen LogP contribution in [0.5, 0.6) is 0 Å². The maximum atomic E-state index is 11.9. The maximum Gasteiger partial charge on any atom is 0.238 e. The predicted molar refractivity (Wildman–Crippen MR) is 79.6 cm³/mol. The summed E-state index contributed by atoms with van der Waals surface area (Å²) in [7, 11) is 0. The molecule has 0 aliphatic heterocycles. The molecule has 0 saturated heterocycles. The molecule has 1 amide bonds. The standard InChI is InChI=1S/C14H22N2O.ClH/c1-5-16(6-2)10-13(17)15-14-11(3)8-7-9-12(14)4;/h7-9H,5-6,10H2,1-4H3,(H,15,17);1H/i13+2;. The topological polar surface area (TPSA) is 32.3 Å². The highest BCUT2D eigenvalue weighted by molar-refractivity contribution is 5.93. The Kier molecular flexibility index (Phi) is 7.64. The van der Waals surface area contributed by atoms with Crippen molar-refractivity contribution in [2.24, 2.45) is 0 Å². The van der Waals surface area contributed by atoms with Gasteiger partial charge in [-0.2, -0.15) is 0 Å². The normalized spacial score (nSPS) is 10.1. The van der Waals surface area contributed by atoms with E-state index in [2.05, 4.69) is 24.1 Å². The molecule has 0 spiro atoms. The van der Waals surface area contributed by atoms with Gasteiger partial charge >= 0.3 is 0 Å². The molecule has 0 aliphatic rings. The summed E-state index contributed by atoms with van der Waals surface area (Å²) in [6.45, 7) is 10.4. The van der Waals surface area contributed by atoms with Crippen molar-refractivity contribution in [3.8, 4) is 0 Å². The minimum atomic E-state index is 0. The Hall–Kier alpha value is -1.06. The number of aryl methyl sites for hydroxylation is 2. The lowest BCUT2D eigenvalue weighted by atomic mass is 10.1. The van der Waals surface area contributed by atoms with Gasteiger partial charge in [-0.1, -0.05) is 32.0 Å². The summed E-state index contributed by atoms with van der Waals surface area (Å²) in [6, 6.07) is 6.03. The molecule has 18 heavy (non-hydrogen) atoms. The Bertz CT molecular complexity index is 369. The first-order valence-corrected chi connectivity index (χ1v) is 6.16. The van der Waals surface area contributed by atoms with Crippen molar-refractivity contribution in [1.82, 2.24) is 4.90 Å². The van der Waals surface area contributed by atoms with Crippen LogP contribution < -0.4 is 5.32 Å². The van der Waals surface area contributed by atoms with Crippen molar-refractivity contribution in [2.75, 3.05) is 25.0 Å². The first kappa shape index (κ1) is 16.9. The Labute approximate surface area is 116 Å². The number of likely N-dealkylation sites (N-methyl/N-ethyl adjacent to an activating group) is 1. The zero-order valence-corrected chi connectivity index (χ0v) is 12.4. The molecule has 0 bridgehead atoms. The molecular formula is C14H23ClN2O. The van der Waals surface area contributed by atoms with Crippen LogP contribution in [-0.4, -0.2) is 30.4 Å². The maximum absolute atomic E-state index is 11.9. The van der Waals surface area contributed by atoms with Gasteiger partial charge in [-0.3, -0.25) is 9.69 Å². The number of hydrogen-bond donors (Lipinski definition) is 1. The van der Waals surface area contributed by atoms with Crippen molar-refractivity contribution in [1.29, 1.82) is 0 Å². The average molecular weight is 273 g/mol. The summed E-state index contributed by atoms with van der Waals surface area (Å²) < 4.78 is 0. The summed E-state index contributed by atoms with van der Waals surface area (Å²) in [5.74, 6) is 0.0612. The van der Waals surface area contributed by atoms with Crippen LogP contribution in [-0.2, 0) is 4.79 Å². The largest absolute Gasteiger partial charge is 0.324 e. The predicted octanol–water partition coefficient (Wildman–Crippen LogP) is 3.01. The fourth-order valence-electron chi connectivity index (χ4n) is 1.84. The number of para-hydroxylation sites is 1.